The van der Waals surface area contributed by atoms with Crippen LogP contribution in [0.4, 0.5) is 8.78 Å². The molecule has 0 saturated carbocycles. The Morgan fingerprint density at radius 1 is 1.12 bits per heavy atom. The summed E-state index contributed by atoms with van der Waals surface area (Å²) >= 11 is 1.69. The van der Waals surface area contributed by atoms with Gasteiger partial charge >= 0.3 is 0 Å². The summed E-state index contributed by atoms with van der Waals surface area (Å²) in [6.07, 6.45) is 5.82. The minimum atomic E-state index is -2.88. The van der Waals surface area contributed by atoms with Crippen molar-refractivity contribution in [1.82, 2.24) is 9.88 Å². The van der Waals surface area contributed by atoms with E-state index in [0.717, 1.165) is 55.3 Å². The third-order valence-corrected chi connectivity index (χ3v) is 6.80. The van der Waals surface area contributed by atoms with E-state index in [1.54, 1.807) is 24.0 Å². The molecule has 34 heavy (non-hydrogen) atoms. The fourth-order valence-electron chi connectivity index (χ4n) is 3.56. The first-order valence-electron chi connectivity index (χ1n) is 11.7. The van der Waals surface area contributed by atoms with Gasteiger partial charge in [0.2, 0.25) is 11.2 Å². The Morgan fingerprint density at radius 2 is 1.91 bits per heavy atom. The van der Waals surface area contributed by atoms with Crippen LogP contribution in [0.5, 0.6) is 5.75 Å². The van der Waals surface area contributed by atoms with E-state index in [4.69, 9.17) is 9.15 Å². The summed E-state index contributed by atoms with van der Waals surface area (Å²) in [4.78, 5) is 19.7. The van der Waals surface area contributed by atoms with E-state index in [0.29, 0.717) is 24.4 Å². The van der Waals surface area contributed by atoms with Gasteiger partial charge in [0.1, 0.15) is 12.0 Å². The number of benzene rings is 1. The molecule has 0 aliphatic rings. The van der Waals surface area contributed by atoms with Gasteiger partial charge in [0.25, 0.3) is 5.92 Å². The molecular formula is C26H32F2N2O3S. The van der Waals surface area contributed by atoms with Crippen molar-refractivity contribution in [2.45, 2.75) is 57.4 Å². The number of nitrogens with zero attached hydrogens (tertiary/aromatic N) is 2. The molecule has 0 aliphatic heterocycles. The van der Waals surface area contributed by atoms with Crippen LogP contribution in [-0.2, 0) is 12.5 Å². The van der Waals surface area contributed by atoms with Crippen LogP contribution in [0.3, 0.4) is 0 Å². The Balaban J connectivity index is 1.41. The van der Waals surface area contributed by atoms with Crippen molar-refractivity contribution < 1.29 is 17.9 Å². The summed E-state index contributed by atoms with van der Waals surface area (Å²) in [5.74, 6) is -1.10. The number of ether oxygens (including phenoxy) is 1. The molecule has 0 amide bonds. The van der Waals surface area contributed by atoms with E-state index < -0.39 is 5.92 Å². The van der Waals surface area contributed by atoms with E-state index in [9.17, 15) is 13.6 Å². The summed E-state index contributed by atoms with van der Waals surface area (Å²) in [6, 6.07) is 8.09. The first-order chi connectivity index (χ1) is 16.3. The number of hydrogen-bond acceptors (Lipinski definition) is 6. The highest BCUT2D eigenvalue weighted by atomic mass is 32.2. The van der Waals surface area contributed by atoms with Gasteiger partial charge < -0.3 is 9.15 Å². The molecule has 0 spiro atoms. The Labute approximate surface area is 203 Å². The molecule has 2 aromatic heterocycles. The maximum atomic E-state index is 13.6. The molecule has 2 heterocycles. The van der Waals surface area contributed by atoms with Crippen molar-refractivity contribution in [3.63, 3.8) is 0 Å². The molecule has 5 nitrogen and oxygen atoms in total. The molecule has 0 unspecified atom stereocenters. The summed E-state index contributed by atoms with van der Waals surface area (Å²) in [5, 5.41) is 0.889. The normalized spacial score (nSPS) is 11.9. The predicted molar refractivity (Wildman–Crippen MR) is 133 cm³/mol. The molecule has 1 aromatic carbocycles. The van der Waals surface area contributed by atoms with Crippen LogP contribution in [0.1, 0.15) is 51.4 Å². The molecule has 0 N–H and O–H groups in total. The van der Waals surface area contributed by atoms with Gasteiger partial charge in [-0.3, -0.25) is 14.7 Å². The largest absolute Gasteiger partial charge is 0.487 e. The first-order valence-corrected chi connectivity index (χ1v) is 12.7. The first kappa shape index (κ1) is 26.2. The minimum Gasteiger partial charge on any atom is -0.487 e. The standard InChI is InChI=1S/C26H32F2N2O3S/c1-4-30(5-2)17-20-16-23(31)24(18-33-20)32-13-7-6-8-14-34-25-11-12-29-22-15-19(26(3,27)28)9-10-21(22)25/h9-12,15-16,18H,4-8,13-14,17H2,1-3H3. The van der Waals surface area contributed by atoms with E-state index in [1.165, 1.54) is 24.5 Å². The zero-order valence-electron chi connectivity index (χ0n) is 20.0. The third-order valence-electron chi connectivity index (χ3n) is 5.64. The third kappa shape index (κ3) is 7.27. The van der Waals surface area contributed by atoms with Gasteiger partial charge in [-0.1, -0.05) is 26.0 Å². The molecule has 0 atom stereocenters. The number of thioether (sulfide) groups is 1. The highest BCUT2D eigenvalue weighted by Crippen LogP contribution is 2.32. The van der Waals surface area contributed by atoms with E-state index in [2.05, 4.69) is 23.7 Å². The zero-order chi connectivity index (χ0) is 24.6. The van der Waals surface area contributed by atoms with Gasteiger partial charge in [0.15, 0.2) is 0 Å². The second-order valence-corrected chi connectivity index (χ2v) is 9.36. The number of alkyl halides is 2. The van der Waals surface area contributed by atoms with Crippen molar-refractivity contribution >= 4 is 22.7 Å². The highest BCUT2D eigenvalue weighted by molar-refractivity contribution is 7.99. The number of rotatable bonds is 13. The summed E-state index contributed by atoms with van der Waals surface area (Å²) < 4.78 is 38.3. The number of aromatic nitrogens is 1. The Kier molecular flexibility index (Phi) is 9.47. The lowest BCUT2D eigenvalue weighted by Crippen LogP contribution is -2.22. The SMILES string of the molecule is CCN(CC)Cc1cc(=O)c(OCCCCCSc2ccnc3cc(C(C)(F)F)ccc23)co1. The molecular weight excluding hydrogens is 458 g/mol. The van der Waals surface area contributed by atoms with Gasteiger partial charge in [-0.25, -0.2) is 8.78 Å². The zero-order valence-corrected chi connectivity index (χ0v) is 20.8. The highest BCUT2D eigenvalue weighted by Gasteiger charge is 2.24. The molecule has 0 fully saturated rings. The van der Waals surface area contributed by atoms with Crippen molar-refractivity contribution in [2.75, 3.05) is 25.4 Å². The van der Waals surface area contributed by atoms with Gasteiger partial charge in [-0.15, -0.1) is 11.8 Å². The second kappa shape index (κ2) is 12.3. The van der Waals surface area contributed by atoms with Crippen LogP contribution in [0.2, 0.25) is 0 Å². The average molecular weight is 491 g/mol. The van der Waals surface area contributed by atoms with Crippen LogP contribution in [-0.4, -0.2) is 35.3 Å². The van der Waals surface area contributed by atoms with Crippen LogP contribution in [0, 0.1) is 0 Å². The Morgan fingerprint density at radius 3 is 2.62 bits per heavy atom. The number of halogens is 2. The van der Waals surface area contributed by atoms with E-state index >= 15 is 0 Å². The summed E-state index contributed by atoms with van der Waals surface area (Å²) in [6.45, 7) is 7.90. The van der Waals surface area contributed by atoms with E-state index in [-0.39, 0.29) is 16.7 Å². The van der Waals surface area contributed by atoms with E-state index in [1.807, 2.05) is 6.07 Å². The second-order valence-electron chi connectivity index (χ2n) is 8.22. The minimum absolute atomic E-state index is 0.0257. The predicted octanol–water partition coefficient (Wildman–Crippen LogP) is 6.48. The molecule has 3 rings (SSSR count). The fourth-order valence-corrected chi connectivity index (χ4v) is 4.61. The van der Waals surface area contributed by atoms with Gasteiger partial charge in [-0.2, -0.15) is 0 Å². The topological polar surface area (TPSA) is 55.6 Å². The van der Waals surface area contributed by atoms with Crippen LogP contribution in [0.15, 0.2) is 56.9 Å². The lowest BCUT2D eigenvalue weighted by atomic mass is 10.1. The van der Waals surface area contributed by atoms with Crippen molar-refractivity contribution in [1.29, 1.82) is 0 Å². The molecule has 0 saturated heterocycles. The van der Waals surface area contributed by atoms with Crippen LogP contribution in [0.25, 0.3) is 10.9 Å². The van der Waals surface area contributed by atoms with Crippen LogP contribution >= 0.6 is 11.8 Å². The number of fused-ring (bicyclic) bond motifs is 1. The number of hydrogen-bond donors (Lipinski definition) is 0. The fraction of sp³-hybridized carbons (Fsp3) is 0.462. The average Bonchev–Trinajstić information content (AvgIpc) is 2.82. The lowest BCUT2D eigenvalue weighted by Gasteiger charge is -2.16. The molecule has 8 heteroatoms. The molecule has 184 valence electrons. The van der Waals surface area contributed by atoms with Gasteiger partial charge in [0.05, 0.1) is 18.7 Å². The maximum Gasteiger partial charge on any atom is 0.270 e. The monoisotopic (exact) mass is 490 g/mol. The molecule has 3 aromatic rings. The smallest absolute Gasteiger partial charge is 0.270 e. The van der Waals surface area contributed by atoms with Crippen molar-refractivity contribution in [2.24, 2.45) is 0 Å². The molecule has 0 bridgehead atoms. The summed E-state index contributed by atoms with van der Waals surface area (Å²) in [5.41, 5.74) is 0.402. The molecule has 0 aliphatic carbocycles. The maximum absolute atomic E-state index is 13.6. The Hall–Kier alpha value is -2.45. The quantitative estimate of drug-likeness (QED) is 0.202. The van der Waals surface area contributed by atoms with Gasteiger partial charge in [-0.05, 0) is 50.2 Å². The number of unbranched alkanes of at least 4 members (excludes halogenated alkanes) is 2. The van der Waals surface area contributed by atoms with Gasteiger partial charge in [0, 0.05) is 35.0 Å². The Bertz CT molecular complexity index is 1130. The lowest BCUT2D eigenvalue weighted by molar-refractivity contribution is 0.0176. The number of pyridine rings is 1. The van der Waals surface area contributed by atoms with Crippen LogP contribution < -0.4 is 10.2 Å². The summed E-state index contributed by atoms with van der Waals surface area (Å²) in [7, 11) is 0. The van der Waals surface area contributed by atoms with Crippen molar-refractivity contribution in [3.8, 4) is 5.75 Å². The van der Waals surface area contributed by atoms with Crippen molar-refractivity contribution in [3.05, 3.63) is 64.3 Å². The molecule has 0 radical (unpaired) electrons.